The molecule has 4 rings (SSSR count). The predicted octanol–water partition coefficient (Wildman–Crippen LogP) is 2.97. The number of rotatable bonds is 2. The molecule has 1 saturated heterocycles. The summed E-state index contributed by atoms with van der Waals surface area (Å²) in [6.07, 6.45) is 0. The van der Waals surface area contributed by atoms with Gasteiger partial charge in [0, 0.05) is 36.7 Å². The van der Waals surface area contributed by atoms with Crippen LogP contribution < -0.4 is 0 Å². The number of carbonyl (C=O) groups is 2. The van der Waals surface area contributed by atoms with Crippen LogP contribution in [0.1, 0.15) is 23.1 Å². The van der Waals surface area contributed by atoms with E-state index in [0.717, 1.165) is 21.5 Å². The third kappa shape index (κ3) is 3.08. The summed E-state index contributed by atoms with van der Waals surface area (Å²) in [5.41, 5.74) is 2.27. The first-order chi connectivity index (χ1) is 13.0. The highest BCUT2D eigenvalue weighted by Gasteiger charge is 2.33. The molecule has 0 N–H and O–H groups in total. The Morgan fingerprint density at radius 1 is 1.22 bits per heavy atom. The van der Waals surface area contributed by atoms with E-state index in [1.165, 1.54) is 0 Å². The molecule has 0 radical (unpaired) electrons. The molecule has 2 aromatic heterocycles. The molecule has 1 aliphatic heterocycles. The minimum atomic E-state index is -0.454. The lowest BCUT2D eigenvalue weighted by Crippen LogP contribution is -2.56. The number of likely N-dealkylation sites (N-methyl/N-ethyl adjacent to an activating group) is 1. The van der Waals surface area contributed by atoms with Crippen LogP contribution in [0.15, 0.2) is 35.7 Å². The van der Waals surface area contributed by atoms with E-state index < -0.39 is 6.04 Å². The van der Waals surface area contributed by atoms with E-state index in [-0.39, 0.29) is 11.8 Å². The molecular formula is C20H20N4O2S. The quantitative estimate of drug-likeness (QED) is 0.686. The third-order valence-electron chi connectivity index (χ3n) is 4.96. The Balaban J connectivity index is 1.71. The van der Waals surface area contributed by atoms with E-state index in [9.17, 15) is 9.59 Å². The van der Waals surface area contributed by atoms with Gasteiger partial charge in [0.15, 0.2) is 0 Å². The normalized spacial score (nSPS) is 17.6. The molecule has 27 heavy (non-hydrogen) atoms. The van der Waals surface area contributed by atoms with Crippen LogP contribution in [0.5, 0.6) is 0 Å². The summed E-state index contributed by atoms with van der Waals surface area (Å²) in [6, 6.07) is 9.01. The number of aromatic nitrogens is 2. The highest BCUT2D eigenvalue weighted by atomic mass is 32.1. The molecule has 0 aliphatic carbocycles. The molecule has 0 unspecified atom stereocenters. The lowest BCUT2D eigenvalue weighted by atomic mass is 10.0. The Bertz CT molecular complexity index is 1050. The Hall–Kier alpha value is -2.80. The van der Waals surface area contributed by atoms with Crippen molar-refractivity contribution in [2.75, 3.05) is 20.1 Å². The topological polar surface area (TPSA) is 66.4 Å². The Labute approximate surface area is 161 Å². The molecular weight excluding hydrogens is 360 g/mol. The Morgan fingerprint density at radius 2 is 2.04 bits per heavy atom. The van der Waals surface area contributed by atoms with Crippen molar-refractivity contribution < 1.29 is 9.59 Å². The molecule has 0 bridgehead atoms. The molecule has 0 saturated carbocycles. The first kappa shape index (κ1) is 17.6. The largest absolute Gasteiger partial charge is 0.342 e. The van der Waals surface area contributed by atoms with Crippen LogP contribution in [-0.2, 0) is 4.79 Å². The number of nitrogens with zero attached hydrogens (tertiary/aromatic N) is 4. The fourth-order valence-electron chi connectivity index (χ4n) is 3.44. The molecule has 0 spiro atoms. The summed E-state index contributed by atoms with van der Waals surface area (Å²) in [6.45, 7) is 4.74. The van der Waals surface area contributed by atoms with Gasteiger partial charge in [-0.05, 0) is 37.4 Å². The van der Waals surface area contributed by atoms with Crippen molar-refractivity contribution in [2.24, 2.45) is 0 Å². The average molecular weight is 380 g/mol. The molecule has 1 atom stereocenters. The van der Waals surface area contributed by atoms with Gasteiger partial charge in [-0.25, -0.2) is 9.97 Å². The SMILES string of the molecule is Cc1nc(-c2cccc(C(=O)N3CCN(C)C(=O)[C@@H]3C)c2)c2ccsc2n1. The second-order valence-electron chi connectivity index (χ2n) is 6.77. The molecule has 138 valence electrons. The fraction of sp³-hybridized carbons (Fsp3) is 0.300. The first-order valence-electron chi connectivity index (χ1n) is 8.84. The number of carbonyl (C=O) groups excluding carboxylic acids is 2. The van der Waals surface area contributed by atoms with Crippen molar-refractivity contribution in [1.29, 1.82) is 0 Å². The second kappa shape index (κ2) is 6.74. The maximum absolute atomic E-state index is 13.1. The van der Waals surface area contributed by atoms with Crippen LogP contribution in [0.4, 0.5) is 0 Å². The minimum Gasteiger partial charge on any atom is -0.342 e. The molecule has 2 amide bonds. The van der Waals surface area contributed by atoms with E-state index in [0.29, 0.717) is 24.5 Å². The lowest BCUT2D eigenvalue weighted by molar-refractivity contribution is -0.137. The van der Waals surface area contributed by atoms with Crippen molar-refractivity contribution in [2.45, 2.75) is 19.9 Å². The Morgan fingerprint density at radius 3 is 2.85 bits per heavy atom. The number of hydrogen-bond donors (Lipinski definition) is 0. The number of piperazine rings is 1. The van der Waals surface area contributed by atoms with Gasteiger partial charge in [0.05, 0.1) is 5.69 Å². The van der Waals surface area contributed by atoms with Gasteiger partial charge in [0.25, 0.3) is 5.91 Å². The van der Waals surface area contributed by atoms with Crippen molar-refractivity contribution in [3.63, 3.8) is 0 Å². The lowest BCUT2D eigenvalue weighted by Gasteiger charge is -2.37. The van der Waals surface area contributed by atoms with Crippen LogP contribution >= 0.6 is 11.3 Å². The summed E-state index contributed by atoms with van der Waals surface area (Å²) in [5, 5.41) is 2.98. The minimum absolute atomic E-state index is 0.0304. The van der Waals surface area contributed by atoms with Crippen molar-refractivity contribution >= 4 is 33.4 Å². The van der Waals surface area contributed by atoms with E-state index in [1.807, 2.05) is 36.6 Å². The summed E-state index contributed by atoms with van der Waals surface area (Å²) < 4.78 is 0. The van der Waals surface area contributed by atoms with Gasteiger partial charge in [-0.15, -0.1) is 11.3 Å². The molecule has 1 fully saturated rings. The van der Waals surface area contributed by atoms with E-state index in [4.69, 9.17) is 0 Å². The van der Waals surface area contributed by atoms with Crippen molar-refractivity contribution in [3.05, 3.63) is 47.1 Å². The zero-order valence-corrected chi connectivity index (χ0v) is 16.3. The number of amides is 2. The van der Waals surface area contributed by atoms with Crippen molar-refractivity contribution in [3.8, 4) is 11.3 Å². The number of hydrogen-bond acceptors (Lipinski definition) is 5. The highest BCUT2D eigenvalue weighted by Crippen LogP contribution is 2.30. The van der Waals surface area contributed by atoms with E-state index in [2.05, 4.69) is 9.97 Å². The molecule has 1 aromatic carbocycles. The van der Waals surface area contributed by atoms with Crippen LogP contribution in [0.2, 0.25) is 0 Å². The molecule has 1 aliphatic rings. The third-order valence-corrected chi connectivity index (χ3v) is 5.76. The maximum atomic E-state index is 13.1. The molecule has 3 heterocycles. The van der Waals surface area contributed by atoms with Crippen LogP contribution in [0.3, 0.4) is 0 Å². The van der Waals surface area contributed by atoms with Gasteiger partial charge in [-0.1, -0.05) is 12.1 Å². The summed E-state index contributed by atoms with van der Waals surface area (Å²) in [7, 11) is 1.77. The van der Waals surface area contributed by atoms with Crippen LogP contribution in [0, 0.1) is 6.92 Å². The van der Waals surface area contributed by atoms with E-state index >= 15 is 0 Å². The second-order valence-corrected chi connectivity index (χ2v) is 7.67. The summed E-state index contributed by atoms with van der Waals surface area (Å²) in [5.74, 6) is 0.547. The Kier molecular flexibility index (Phi) is 4.39. The summed E-state index contributed by atoms with van der Waals surface area (Å²) >= 11 is 1.58. The highest BCUT2D eigenvalue weighted by molar-refractivity contribution is 7.16. The predicted molar refractivity (Wildman–Crippen MR) is 106 cm³/mol. The van der Waals surface area contributed by atoms with Gasteiger partial charge in [0.2, 0.25) is 5.91 Å². The average Bonchev–Trinajstić information content (AvgIpc) is 3.13. The maximum Gasteiger partial charge on any atom is 0.254 e. The zero-order chi connectivity index (χ0) is 19.1. The molecule has 6 nitrogen and oxygen atoms in total. The number of aryl methyl sites for hydroxylation is 1. The molecule has 3 aromatic rings. The van der Waals surface area contributed by atoms with Gasteiger partial charge in [0.1, 0.15) is 16.7 Å². The number of benzene rings is 1. The fourth-order valence-corrected chi connectivity index (χ4v) is 4.25. The monoisotopic (exact) mass is 380 g/mol. The standard InChI is InChI=1S/C20H20N4O2S/c1-12-19(25)23(3)8-9-24(12)20(26)15-6-4-5-14(11-15)17-16-7-10-27-18(16)22-13(2)21-17/h4-7,10-12H,8-9H2,1-3H3/t12-/m0/s1. The van der Waals surface area contributed by atoms with Crippen LogP contribution in [-0.4, -0.2) is 57.8 Å². The summed E-state index contributed by atoms with van der Waals surface area (Å²) in [4.78, 5) is 38.6. The van der Waals surface area contributed by atoms with Gasteiger partial charge < -0.3 is 9.80 Å². The smallest absolute Gasteiger partial charge is 0.254 e. The molecule has 7 heteroatoms. The number of fused-ring (bicyclic) bond motifs is 1. The zero-order valence-electron chi connectivity index (χ0n) is 15.5. The van der Waals surface area contributed by atoms with Crippen molar-refractivity contribution in [1.82, 2.24) is 19.8 Å². The van der Waals surface area contributed by atoms with Crippen LogP contribution in [0.25, 0.3) is 21.5 Å². The van der Waals surface area contributed by atoms with Gasteiger partial charge >= 0.3 is 0 Å². The first-order valence-corrected chi connectivity index (χ1v) is 9.72. The van der Waals surface area contributed by atoms with Gasteiger partial charge in [-0.3, -0.25) is 9.59 Å². The van der Waals surface area contributed by atoms with E-state index in [1.54, 1.807) is 41.2 Å². The van der Waals surface area contributed by atoms with Gasteiger partial charge in [-0.2, -0.15) is 0 Å². The number of thiophene rings is 1.